The molecule has 0 atom stereocenters. The monoisotopic (exact) mass is 708 g/mol. The lowest BCUT2D eigenvalue weighted by atomic mass is 10.1. The van der Waals surface area contributed by atoms with Crippen LogP contribution >= 0.6 is 0 Å². The second-order valence-electron chi connectivity index (χ2n) is 11.5. The molecule has 1 heterocycles. The van der Waals surface area contributed by atoms with Crippen LogP contribution in [0.15, 0.2) is 82.8 Å². The molecule has 0 aliphatic rings. The van der Waals surface area contributed by atoms with Gasteiger partial charge in [0, 0.05) is 27.7 Å². The van der Waals surface area contributed by atoms with E-state index in [1.807, 2.05) is 38.1 Å². The number of nitro groups is 1. The van der Waals surface area contributed by atoms with Crippen LogP contribution in [0.3, 0.4) is 0 Å². The van der Waals surface area contributed by atoms with Crippen molar-refractivity contribution >= 4 is 40.4 Å². The molecule has 15 heteroatoms. The fourth-order valence-electron chi connectivity index (χ4n) is 5.38. The molecular weight excluding hydrogens is 672 g/mol. The molecule has 52 heavy (non-hydrogen) atoms. The molecular formula is C37H36N6O9. The molecule has 0 aliphatic carbocycles. The number of amides is 2. The van der Waals surface area contributed by atoms with Crippen molar-refractivity contribution in [1.82, 2.24) is 4.98 Å². The van der Waals surface area contributed by atoms with Gasteiger partial charge in [-0.3, -0.25) is 10.1 Å². The minimum absolute atomic E-state index is 0.000787. The Kier molecular flexibility index (Phi) is 11.0. The zero-order chi connectivity index (χ0) is 37.5. The Balaban J connectivity index is 1.23. The highest BCUT2D eigenvalue weighted by Gasteiger charge is 2.21. The summed E-state index contributed by atoms with van der Waals surface area (Å²) < 4.78 is 26.2. The number of nitrogens with zero attached hydrogens (tertiary/aromatic N) is 3. The Bertz CT molecular complexity index is 2230. The summed E-state index contributed by atoms with van der Waals surface area (Å²) in [6, 6.07) is 20.6. The number of carbonyl (C=O) groups excluding carboxylic acids is 2. The number of aliphatic imine (C=N–C) groups is 2. The molecule has 0 unspecified atom stereocenters. The van der Waals surface area contributed by atoms with E-state index in [9.17, 15) is 19.7 Å². The Morgan fingerprint density at radius 3 is 1.88 bits per heavy atom. The first-order valence-corrected chi connectivity index (χ1v) is 15.7. The van der Waals surface area contributed by atoms with E-state index in [1.165, 1.54) is 26.4 Å². The number of nitrogens with two attached hydrogens (primary N) is 2. The van der Waals surface area contributed by atoms with Crippen molar-refractivity contribution in [2.75, 3.05) is 21.3 Å². The number of H-pyrrole nitrogens is 1. The van der Waals surface area contributed by atoms with Crippen LogP contribution in [0.4, 0.5) is 15.3 Å². The van der Waals surface area contributed by atoms with Crippen LogP contribution in [-0.2, 0) is 22.7 Å². The standard InChI is InChI=1S/C37H36N6O9/c1-20-12-21(2)31(48-3)15-26(20)18-51-37(45)42-35(39)25-11-10-24-13-28(40-29(24)14-25)22-6-8-23(9-7-22)34(38)41-36(44)52-19-27-16-32(49-4)33(50-5)17-30(27)43(46)47/h6-17,40H,18-19H2,1-5H3,(H2,38,41,44)(H2,39,42,45). The van der Waals surface area contributed by atoms with Gasteiger partial charge < -0.3 is 40.1 Å². The molecule has 0 spiro atoms. The zero-order valence-corrected chi connectivity index (χ0v) is 29.0. The molecule has 5 rings (SSSR count). The normalized spacial score (nSPS) is 11.6. The van der Waals surface area contributed by atoms with E-state index in [2.05, 4.69) is 15.0 Å². The van der Waals surface area contributed by atoms with Crippen molar-refractivity contribution in [3.05, 3.63) is 116 Å². The largest absolute Gasteiger partial charge is 0.496 e. The SMILES string of the molecule is COc1cc(COC(=O)/N=C(\N)c2ccc3cc(-c4ccc(/C(N)=N/C(=O)OCc5cc(OC)c(OC)cc5[N+](=O)[O-])cc4)[nH]c3c2)c(C)cc1C. The molecule has 268 valence electrons. The fourth-order valence-corrected chi connectivity index (χ4v) is 5.38. The Labute approximate surface area is 298 Å². The number of ether oxygens (including phenoxy) is 5. The molecule has 5 aromatic rings. The number of aromatic nitrogens is 1. The van der Waals surface area contributed by atoms with E-state index in [4.69, 9.17) is 35.2 Å². The molecule has 0 aliphatic heterocycles. The van der Waals surface area contributed by atoms with Crippen molar-refractivity contribution in [3.63, 3.8) is 0 Å². The minimum atomic E-state index is -1.03. The second kappa shape index (κ2) is 15.8. The molecule has 0 fully saturated rings. The summed E-state index contributed by atoms with van der Waals surface area (Å²) in [5, 5.41) is 12.4. The van der Waals surface area contributed by atoms with Gasteiger partial charge in [0.25, 0.3) is 5.69 Å². The van der Waals surface area contributed by atoms with Crippen molar-refractivity contribution < 1.29 is 38.2 Å². The van der Waals surface area contributed by atoms with Gasteiger partial charge in [-0.25, -0.2) is 9.59 Å². The Morgan fingerprint density at radius 2 is 1.27 bits per heavy atom. The number of nitrogens with one attached hydrogen (secondary N) is 1. The van der Waals surface area contributed by atoms with Gasteiger partial charge in [-0.2, -0.15) is 9.98 Å². The highest BCUT2D eigenvalue weighted by Crippen LogP contribution is 2.35. The number of amidine groups is 2. The van der Waals surface area contributed by atoms with Crippen LogP contribution < -0.4 is 25.7 Å². The number of aryl methyl sites for hydroxylation is 2. The second-order valence-corrected chi connectivity index (χ2v) is 11.5. The molecule has 2 amide bonds. The van der Waals surface area contributed by atoms with E-state index in [0.717, 1.165) is 38.9 Å². The van der Waals surface area contributed by atoms with Crippen molar-refractivity contribution in [1.29, 1.82) is 0 Å². The number of hydrogen-bond donors (Lipinski definition) is 3. The number of fused-ring (bicyclic) bond motifs is 1. The van der Waals surface area contributed by atoms with E-state index >= 15 is 0 Å². The van der Waals surface area contributed by atoms with Crippen LogP contribution in [0.25, 0.3) is 22.2 Å². The maximum Gasteiger partial charge on any atom is 0.435 e. The van der Waals surface area contributed by atoms with Gasteiger partial charge in [0.05, 0.1) is 37.9 Å². The first-order valence-electron chi connectivity index (χ1n) is 15.7. The van der Waals surface area contributed by atoms with Crippen LogP contribution in [0, 0.1) is 24.0 Å². The van der Waals surface area contributed by atoms with E-state index < -0.39 is 23.7 Å². The first-order chi connectivity index (χ1) is 24.9. The highest BCUT2D eigenvalue weighted by molar-refractivity contribution is 6.05. The lowest BCUT2D eigenvalue weighted by molar-refractivity contribution is -0.385. The van der Waals surface area contributed by atoms with Crippen LogP contribution in [0.1, 0.15) is 33.4 Å². The summed E-state index contributed by atoms with van der Waals surface area (Å²) in [6.07, 6.45) is -1.85. The predicted octanol–water partition coefficient (Wildman–Crippen LogP) is 6.47. The summed E-state index contributed by atoms with van der Waals surface area (Å²) in [4.78, 5) is 46.9. The third-order valence-corrected chi connectivity index (χ3v) is 8.17. The topological polar surface area (TPSA) is 216 Å². The number of nitro benzene ring substituents is 1. The average Bonchev–Trinajstić information content (AvgIpc) is 3.57. The van der Waals surface area contributed by atoms with E-state index in [0.29, 0.717) is 16.9 Å². The lowest BCUT2D eigenvalue weighted by Gasteiger charge is -2.11. The minimum Gasteiger partial charge on any atom is -0.496 e. The number of carbonyl (C=O) groups is 2. The molecule has 1 aromatic heterocycles. The molecule has 5 N–H and O–H groups in total. The predicted molar refractivity (Wildman–Crippen MR) is 194 cm³/mol. The van der Waals surface area contributed by atoms with Gasteiger partial charge in [0.15, 0.2) is 11.5 Å². The van der Waals surface area contributed by atoms with Gasteiger partial charge in [-0.05, 0) is 60.4 Å². The summed E-state index contributed by atoms with van der Waals surface area (Å²) in [6.45, 7) is 3.44. The van der Waals surface area contributed by atoms with Gasteiger partial charge >= 0.3 is 12.2 Å². The fraction of sp³-hybridized carbons (Fsp3) is 0.189. The Morgan fingerprint density at radius 1 is 0.712 bits per heavy atom. The van der Waals surface area contributed by atoms with Crippen LogP contribution in [0.2, 0.25) is 0 Å². The van der Waals surface area contributed by atoms with E-state index in [-0.39, 0.29) is 41.0 Å². The highest BCUT2D eigenvalue weighted by atomic mass is 16.6. The summed E-state index contributed by atoms with van der Waals surface area (Å²) >= 11 is 0. The third-order valence-electron chi connectivity index (χ3n) is 8.17. The van der Waals surface area contributed by atoms with E-state index in [1.54, 1.807) is 43.5 Å². The zero-order valence-electron chi connectivity index (χ0n) is 29.0. The number of rotatable bonds is 11. The van der Waals surface area contributed by atoms with Crippen molar-refractivity contribution in [2.45, 2.75) is 27.1 Å². The van der Waals surface area contributed by atoms with Gasteiger partial charge in [0.1, 0.15) is 30.6 Å². The number of benzene rings is 4. The van der Waals surface area contributed by atoms with Gasteiger partial charge in [0.2, 0.25) is 0 Å². The number of methoxy groups -OCH3 is 3. The molecule has 0 saturated carbocycles. The quantitative estimate of drug-likeness (QED) is 0.0585. The molecule has 15 nitrogen and oxygen atoms in total. The maximum atomic E-state index is 12.5. The molecule has 0 bridgehead atoms. The van der Waals surface area contributed by atoms with Crippen LogP contribution in [0.5, 0.6) is 17.2 Å². The van der Waals surface area contributed by atoms with Gasteiger partial charge in [-0.15, -0.1) is 0 Å². The average molecular weight is 709 g/mol. The van der Waals surface area contributed by atoms with Crippen molar-refractivity contribution in [3.8, 4) is 28.5 Å². The van der Waals surface area contributed by atoms with Crippen molar-refractivity contribution in [2.24, 2.45) is 21.5 Å². The Hall–Kier alpha value is -6.90. The summed E-state index contributed by atoms with van der Waals surface area (Å²) in [7, 11) is 4.32. The van der Waals surface area contributed by atoms with Crippen LogP contribution in [-0.4, -0.2) is 55.1 Å². The first kappa shape index (κ1) is 36.4. The third kappa shape index (κ3) is 8.27. The number of aromatic amines is 1. The smallest absolute Gasteiger partial charge is 0.435 e. The lowest BCUT2D eigenvalue weighted by Crippen LogP contribution is -2.16. The maximum absolute atomic E-state index is 12.5. The summed E-state index contributed by atoms with van der Waals surface area (Å²) in [5.74, 6) is 0.987. The summed E-state index contributed by atoms with van der Waals surface area (Å²) in [5.41, 5.74) is 18.1. The molecule has 0 saturated heterocycles. The van der Waals surface area contributed by atoms with Gasteiger partial charge in [-0.1, -0.05) is 42.5 Å². The molecule has 4 aromatic carbocycles. The molecule has 0 radical (unpaired) electrons. The number of hydrogen-bond acceptors (Lipinski definition) is 9.